The summed E-state index contributed by atoms with van der Waals surface area (Å²) < 4.78 is 4.97. The molecule has 5 nitrogen and oxygen atoms in total. The third-order valence-corrected chi connectivity index (χ3v) is 4.90. The lowest BCUT2D eigenvalue weighted by Crippen LogP contribution is -2.41. The Morgan fingerprint density at radius 3 is 3.14 bits per heavy atom. The fraction of sp³-hybridized carbons (Fsp3) is 0.467. The van der Waals surface area contributed by atoms with Gasteiger partial charge in [0, 0.05) is 17.0 Å². The van der Waals surface area contributed by atoms with Crippen molar-refractivity contribution in [1.29, 1.82) is 0 Å². The van der Waals surface area contributed by atoms with E-state index in [9.17, 15) is 4.79 Å². The van der Waals surface area contributed by atoms with E-state index in [1.54, 1.807) is 24.3 Å². The zero-order valence-electron chi connectivity index (χ0n) is 12.2. The van der Waals surface area contributed by atoms with Gasteiger partial charge in [0.15, 0.2) is 5.82 Å². The molecule has 6 heteroatoms. The highest BCUT2D eigenvalue weighted by Gasteiger charge is 2.33. The molecule has 1 aliphatic heterocycles. The minimum atomic E-state index is -0.184. The molecule has 1 amide bonds. The Hall–Kier alpha value is -1.66. The summed E-state index contributed by atoms with van der Waals surface area (Å²) in [6.07, 6.45) is 2.24. The molecule has 112 valence electrons. The lowest BCUT2D eigenvalue weighted by molar-refractivity contribution is -0.121. The Balaban J connectivity index is 1.68. The number of aryl methyl sites for hydroxylation is 1. The summed E-state index contributed by atoms with van der Waals surface area (Å²) in [5.41, 5.74) is 0. The molecule has 3 heterocycles. The summed E-state index contributed by atoms with van der Waals surface area (Å²) in [6.45, 7) is 4.71. The third kappa shape index (κ3) is 3.01. The number of anilines is 1. The second-order valence-corrected chi connectivity index (χ2v) is 6.38. The third-order valence-electron chi connectivity index (χ3n) is 3.92. The first kappa shape index (κ1) is 14.3. The number of rotatable bonds is 4. The molecule has 0 saturated carbocycles. The van der Waals surface area contributed by atoms with Crippen LogP contribution >= 0.6 is 11.3 Å². The molecule has 3 rings (SSSR count). The lowest BCUT2D eigenvalue weighted by Gasteiger charge is -2.28. The molecule has 1 fully saturated rings. The van der Waals surface area contributed by atoms with Gasteiger partial charge in [-0.15, -0.1) is 11.3 Å². The monoisotopic (exact) mass is 305 g/mol. The second kappa shape index (κ2) is 5.99. The highest BCUT2D eigenvalue weighted by atomic mass is 32.1. The van der Waals surface area contributed by atoms with Crippen molar-refractivity contribution in [3.63, 3.8) is 0 Å². The Morgan fingerprint density at radius 2 is 2.48 bits per heavy atom. The number of nitrogens with zero attached hydrogens (tertiary/aromatic N) is 2. The molecule has 0 bridgehead atoms. The van der Waals surface area contributed by atoms with Crippen molar-refractivity contribution in [2.24, 2.45) is 0 Å². The van der Waals surface area contributed by atoms with Crippen LogP contribution in [0, 0.1) is 6.92 Å². The Bertz CT molecular complexity index is 608. The van der Waals surface area contributed by atoms with E-state index in [1.165, 1.54) is 4.88 Å². The van der Waals surface area contributed by atoms with Crippen molar-refractivity contribution >= 4 is 23.1 Å². The molecule has 2 atom stereocenters. The van der Waals surface area contributed by atoms with Gasteiger partial charge in [-0.05, 0) is 44.7 Å². The van der Waals surface area contributed by atoms with Crippen LogP contribution in [0.2, 0.25) is 0 Å². The zero-order chi connectivity index (χ0) is 14.8. The molecule has 1 N–H and O–H groups in total. The van der Waals surface area contributed by atoms with E-state index in [2.05, 4.69) is 32.9 Å². The summed E-state index contributed by atoms with van der Waals surface area (Å²) in [4.78, 5) is 16.0. The van der Waals surface area contributed by atoms with E-state index in [-0.39, 0.29) is 11.9 Å². The number of carbonyl (C=O) groups excluding carboxylic acids is 1. The molecular weight excluding hydrogens is 286 g/mol. The summed E-state index contributed by atoms with van der Waals surface area (Å²) >= 11 is 1.76. The number of nitrogens with one attached hydrogen (secondary N) is 1. The average molecular weight is 305 g/mol. The first-order chi connectivity index (χ1) is 10.1. The van der Waals surface area contributed by atoms with E-state index >= 15 is 0 Å². The fourth-order valence-electron chi connectivity index (χ4n) is 2.85. The predicted molar refractivity (Wildman–Crippen MR) is 82.3 cm³/mol. The highest BCUT2D eigenvalue weighted by Crippen LogP contribution is 2.35. The molecule has 0 spiro atoms. The average Bonchev–Trinajstić information content (AvgIpc) is 3.18. The Kier molecular flexibility index (Phi) is 4.07. The summed E-state index contributed by atoms with van der Waals surface area (Å²) in [7, 11) is 0. The maximum Gasteiger partial charge on any atom is 0.242 e. The smallest absolute Gasteiger partial charge is 0.242 e. The highest BCUT2D eigenvalue weighted by molar-refractivity contribution is 7.10. The quantitative estimate of drug-likeness (QED) is 0.942. The maximum atomic E-state index is 12.4. The molecule has 21 heavy (non-hydrogen) atoms. The van der Waals surface area contributed by atoms with Crippen LogP contribution in [-0.2, 0) is 4.79 Å². The number of thiophene rings is 1. The van der Waals surface area contributed by atoms with Gasteiger partial charge in [0.2, 0.25) is 5.91 Å². The number of aromatic nitrogens is 1. The molecule has 0 aliphatic carbocycles. The lowest BCUT2D eigenvalue weighted by atomic mass is 10.1. The van der Waals surface area contributed by atoms with Gasteiger partial charge in [-0.1, -0.05) is 11.2 Å². The summed E-state index contributed by atoms with van der Waals surface area (Å²) in [6, 6.07) is 6.12. The zero-order valence-corrected chi connectivity index (χ0v) is 13.0. The molecule has 0 unspecified atom stereocenters. The molecule has 2 aromatic heterocycles. The van der Waals surface area contributed by atoms with Gasteiger partial charge in [0.1, 0.15) is 5.76 Å². The number of carbonyl (C=O) groups is 1. The van der Waals surface area contributed by atoms with E-state index in [0.29, 0.717) is 17.6 Å². The van der Waals surface area contributed by atoms with Gasteiger partial charge in [0.05, 0.1) is 6.04 Å². The molecule has 2 aromatic rings. The van der Waals surface area contributed by atoms with Crippen LogP contribution in [0.15, 0.2) is 28.1 Å². The largest absolute Gasteiger partial charge is 0.360 e. The van der Waals surface area contributed by atoms with Crippen molar-refractivity contribution in [2.45, 2.75) is 38.8 Å². The number of amides is 1. The van der Waals surface area contributed by atoms with Crippen LogP contribution in [0.4, 0.5) is 5.82 Å². The SMILES string of the molecule is Cc1cc(NC(=O)[C@H](C)N2CCC[C@@H]2c2cccs2)no1. The van der Waals surface area contributed by atoms with Crippen molar-refractivity contribution in [3.05, 3.63) is 34.2 Å². The summed E-state index contributed by atoms with van der Waals surface area (Å²) in [5, 5.41) is 8.73. The first-order valence-electron chi connectivity index (χ1n) is 7.18. The van der Waals surface area contributed by atoms with Gasteiger partial charge in [0.25, 0.3) is 0 Å². The van der Waals surface area contributed by atoms with Crippen LogP contribution in [0.25, 0.3) is 0 Å². The van der Waals surface area contributed by atoms with Gasteiger partial charge < -0.3 is 9.84 Å². The van der Waals surface area contributed by atoms with E-state index in [0.717, 1.165) is 19.4 Å². The van der Waals surface area contributed by atoms with Crippen molar-refractivity contribution in [2.75, 3.05) is 11.9 Å². The number of hydrogen-bond donors (Lipinski definition) is 1. The summed E-state index contributed by atoms with van der Waals surface area (Å²) in [5.74, 6) is 1.14. The topological polar surface area (TPSA) is 58.4 Å². The normalized spacial score (nSPS) is 20.6. The first-order valence-corrected chi connectivity index (χ1v) is 8.06. The molecule has 0 radical (unpaired) electrons. The molecule has 0 aromatic carbocycles. The van der Waals surface area contributed by atoms with Gasteiger partial charge >= 0.3 is 0 Å². The van der Waals surface area contributed by atoms with Crippen molar-refractivity contribution in [3.8, 4) is 0 Å². The van der Waals surface area contributed by atoms with E-state index in [4.69, 9.17) is 4.52 Å². The fourth-order valence-corrected chi connectivity index (χ4v) is 3.73. The van der Waals surface area contributed by atoms with E-state index in [1.807, 2.05) is 6.92 Å². The van der Waals surface area contributed by atoms with Gasteiger partial charge in [-0.25, -0.2) is 0 Å². The van der Waals surface area contributed by atoms with Crippen LogP contribution in [0.1, 0.15) is 36.4 Å². The van der Waals surface area contributed by atoms with Crippen LogP contribution in [0.5, 0.6) is 0 Å². The van der Waals surface area contributed by atoms with E-state index < -0.39 is 0 Å². The number of hydrogen-bond acceptors (Lipinski definition) is 5. The Labute approximate surface area is 127 Å². The van der Waals surface area contributed by atoms with Crippen LogP contribution in [0.3, 0.4) is 0 Å². The minimum Gasteiger partial charge on any atom is -0.360 e. The molecular formula is C15H19N3O2S. The predicted octanol–water partition coefficient (Wildman–Crippen LogP) is 3.21. The van der Waals surface area contributed by atoms with Crippen molar-refractivity contribution in [1.82, 2.24) is 10.1 Å². The number of likely N-dealkylation sites (tertiary alicyclic amines) is 1. The standard InChI is InChI=1S/C15H19N3O2S/c1-10-9-14(17-20-10)16-15(19)11(2)18-7-3-5-12(18)13-6-4-8-21-13/h4,6,8-9,11-12H,3,5,7H2,1-2H3,(H,16,17,19)/t11-,12+/m0/s1. The maximum absolute atomic E-state index is 12.4. The van der Waals surface area contributed by atoms with Crippen molar-refractivity contribution < 1.29 is 9.32 Å². The minimum absolute atomic E-state index is 0.0354. The van der Waals surface area contributed by atoms with Gasteiger partial charge in [-0.2, -0.15) is 0 Å². The van der Waals surface area contributed by atoms with Gasteiger partial charge in [-0.3, -0.25) is 9.69 Å². The Morgan fingerprint density at radius 1 is 1.62 bits per heavy atom. The molecule has 1 aliphatic rings. The van der Waals surface area contributed by atoms with Crippen LogP contribution < -0.4 is 5.32 Å². The van der Waals surface area contributed by atoms with Crippen LogP contribution in [-0.4, -0.2) is 28.6 Å². The second-order valence-electron chi connectivity index (χ2n) is 5.40. The molecule has 1 saturated heterocycles.